The zero-order valence-electron chi connectivity index (χ0n) is 25.4. The van der Waals surface area contributed by atoms with Gasteiger partial charge in [0.15, 0.2) is 0 Å². The van der Waals surface area contributed by atoms with Crippen LogP contribution in [0.15, 0.2) is 48.5 Å². The second-order valence-electron chi connectivity index (χ2n) is 12.9. The summed E-state index contributed by atoms with van der Waals surface area (Å²) in [7, 11) is -3.70. The van der Waals surface area contributed by atoms with Crippen molar-refractivity contribution >= 4 is 13.7 Å². The van der Waals surface area contributed by atoms with E-state index in [1.165, 1.54) is 36.0 Å². The number of amides is 1. The lowest BCUT2D eigenvalue weighted by atomic mass is 9.49. The molecule has 0 spiro atoms. The number of hydrogen-bond donors (Lipinski definition) is 1. The lowest BCUT2D eigenvalue weighted by Crippen LogP contribution is -2.56. The van der Waals surface area contributed by atoms with Crippen molar-refractivity contribution in [3.8, 4) is 5.75 Å². The third-order valence-corrected chi connectivity index (χ3v) is 12.0. The van der Waals surface area contributed by atoms with Gasteiger partial charge in [-0.2, -0.15) is 0 Å². The van der Waals surface area contributed by atoms with Gasteiger partial charge in [0.2, 0.25) is 5.91 Å². The standard InChI is InChI=1S/C34H48NO5P/c1-5-38-41(37,39-6-2)40-28-18-16-26-17-19-30-32(3,29(26)24-28)20-13-21-33(30,4)31(36)35-25-34(22-11-8-12-23-34)27-14-9-7-10-15-27/h7,9-10,14-16,18,24,30H,5-6,8,11-13,17,19-23,25H2,1-4H3,(H,35,36)/t30-,32-,33-/m1/s1. The van der Waals surface area contributed by atoms with E-state index in [9.17, 15) is 9.36 Å². The van der Waals surface area contributed by atoms with E-state index < -0.39 is 13.2 Å². The number of nitrogens with one attached hydrogen (secondary N) is 1. The molecule has 6 nitrogen and oxygen atoms in total. The second-order valence-corrected chi connectivity index (χ2v) is 14.5. The molecule has 5 rings (SSSR count). The van der Waals surface area contributed by atoms with Crippen LogP contribution in [0.5, 0.6) is 5.75 Å². The van der Waals surface area contributed by atoms with E-state index in [1.54, 1.807) is 13.8 Å². The van der Waals surface area contributed by atoms with Gasteiger partial charge < -0.3 is 9.84 Å². The Morgan fingerprint density at radius 3 is 2.32 bits per heavy atom. The summed E-state index contributed by atoms with van der Waals surface area (Å²) in [6.45, 7) is 9.25. The Labute approximate surface area is 246 Å². The SMILES string of the molecule is CCOP(=O)(OCC)Oc1ccc2c(c1)[C@@]1(C)CCC[C@@](C)(C(=O)NCC3(c4ccccc4)CCCCC3)[C@@H]1CC2. The van der Waals surface area contributed by atoms with Gasteiger partial charge >= 0.3 is 7.82 Å². The van der Waals surface area contributed by atoms with Crippen molar-refractivity contribution in [1.82, 2.24) is 5.32 Å². The molecule has 2 aromatic rings. The number of phosphoric ester groups is 1. The van der Waals surface area contributed by atoms with Crippen molar-refractivity contribution in [3.05, 3.63) is 65.2 Å². The van der Waals surface area contributed by atoms with Crippen LogP contribution in [0.1, 0.15) is 102 Å². The fourth-order valence-corrected chi connectivity index (χ4v) is 9.53. The highest BCUT2D eigenvalue weighted by atomic mass is 31.2. The van der Waals surface area contributed by atoms with Crippen LogP contribution in [0.25, 0.3) is 0 Å². The van der Waals surface area contributed by atoms with Crippen LogP contribution >= 0.6 is 7.82 Å². The van der Waals surface area contributed by atoms with Gasteiger partial charge in [-0.1, -0.05) is 75.9 Å². The minimum absolute atomic E-state index is 0.0178. The Balaban J connectivity index is 1.39. The number of phosphoric acid groups is 1. The van der Waals surface area contributed by atoms with E-state index in [0.29, 0.717) is 12.3 Å². The van der Waals surface area contributed by atoms with Crippen molar-refractivity contribution in [2.75, 3.05) is 19.8 Å². The van der Waals surface area contributed by atoms with Gasteiger partial charge in [0.05, 0.1) is 18.6 Å². The average molecular weight is 582 g/mol. The van der Waals surface area contributed by atoms with Crippen LogP contribution in [-0.4, -0.2) is 25.7 Å². The molecule has 3 aliphatic rings. The Morgan fingerprint density at radius 2 is 1.63 bits per heavy atom. The Morgan fingerprint density at radius 1 is 0.927 bits per heavy atom. The van der Waals surface area contributed by atoms with Crippen molar-refractivity contribution in [2.24, 2.45) is 11.3 Å². The Bertz CT molecular complexity index is 1250. The van der Waals surface area contributed by atoms with Gasteiger partial charge in [0.1, 0.15) is 5.75 Å². The molecular weight excluding hydrogens is 533 g/mol. The van der Waals surface area contributed by atoms with E-state index in [1.807, 2.05) is 12.1 Å². The number of carbonyl (C=O) groups excluding carboxylic acids is 1. The number of benzene rings is 2. The molecule has 41 heavy (non-hydrogen) atoms. The fraction of sp³-hybridized carbons (Fsp3) is 0.618. The molecule has 3 aliphatic carbocycles. The van der Waals surface area contributed by atoms with E-state index in [-0.39, 0.29) is 35.9 Å². The zero-order valence-corrected chi connectivity index (χ0v) is 26.3. The number of fused-ring (bicyclic) bond motifs is 3. The predicted octanol–water partition coefficient (Wildman–Crippen LogP) is 8.28. The molecular formula is C34H48NO5P. The molecule has 0 heterocycles. The number of carbonyl (C=O) groups is 1. The van der Waals surface area contributed by atoms with Crippen LogP contribution in [0.3, 0.4) is 0 Å². The van der Waals surface area contributed by atoms with Crippen LogP contribution in [0.2, 0.25) is 0 Å². The molecule has 2 fully saturated rings. The summed E-state index contributed by atoms with van der Waals surface area (Å²) in [5.41, 5.74) is 3.23. The first-order chi connectivity index (χ1) is 19.7. The summed E-state index contributed by atoms with van der Waals surface area (Å²) in [5, 5.41) is 3.51. The summed E-state index contributed by atoms with van der Waals surface area (Å²) in [5.74, 6) is 0.896. The van der Waals surface area contributed by atoms with Gasteiger partial charge in [-0.15, -0.1) is 0 Å². The van der Waals surface area contributed by atoms with E-state index in [0.717, 1.165) is 44.9 Å². The Kier molecular flexibility index (Phi) is 9.04. The van der Waals surface area contributed by atoms with Crippen LogP contribution in [0.4, 0.5) is 0 Å². The highest BCUT2D eigenvalue weighted by Gasteiger charge is 2.55. The fourth-order valence-electron chi connectivity index (χ4n) is 8.34. The molecule has 7 heteroatoms. The predicted molar refractivity (Wildman–Crippen MR) is 163 cm³/mol. The first kappa shape index (κ1) is 30.3. The molecule has 2 aromatic carbocycles. The number of aryl methyl sites for hydroxylation is 1. The first-order valence-electron chi connectivity index (χ1n) is 15.7. The van der Waals surface area contributed by atoms with Crippen LogP contribution < -0.4 is 9.84 Å². The summed E-state index contributed by atoms with van der Waals surface area (Å²) in [6.07, 6.45) is 10.7. The van der Waals surface area contributed by atoms with E-state index in [2.05, 4.69) is 55.6 Å². The summed E-state index contributed by atoms with van der Waals surface area (Å²) in [4.78, 5) is 14.2. The minimum atomic E-state index is -3.70. The highest BCUT2D eigenvalue weighted by molar-refractivity contribution is 7.48. The van der Waals surface area contributed by atoms with Gasteiger partial charge in [-0.25, -0.2) is 4.57 Å². The Hall–Kier alpha value is -2.14. The second kappa shape index (κ2) is 12.2. The summed E-state index contributed by atoms with van der Waals surface area (Å²) in [6, 6.07) is 16.8. The third kappa shape index (κ3) is 5.90. The smallest absolute Gasteiger partial charge is 0.404 e. The maximum absolute atomic E-state index is 14.2. The lowest BCUT2D eigenvalue weighted by Gasteiger charge is -2.54. The molecule has 0 saturated heterocycles. The third-order valence-electron chi connectivity index (χ3n) is 10.4. The summed E-state index contributed by atoms with van der Waals surface area (Å²) < 4.78 is 29.8. The molecule has 224 valence electrons. The van der Waals surface area contributed by atoms with Crippen molar-refractivity contribution in [3.63, 3.8) is 0 Å². The number of rotatable bonds is 10. The molecule has 0 aromatic heterocycles. The molecule has 0 aliphatic heterocycles. The molecule has 0 unspecified atom stereocenters. The van der Waals surface area contributed by atoms with Crippen LogP contribution in [0, 0.1) is 11.3 Å². The first-order valence-corrected chi connectivity index (χ1v) is 17.2. The number of hydrogen-bond acceptors (Lipinski definition) is 5. The molecule has 1 N–H and O–H groups in total. The monoisotopic (exact) mass is 581 g/mol. The minimum Gasteiger partial charge on any atom is -0.404 e. The van der Waals surface area contributed by atoms with Gasteiger partial charge in [-0.05, 0) is 92.5 Å². The average Bonchev–Trinajstić information content (AvgIpc) is 2.97. The van der Waals surface area contributed by atoms with Gasteiger partial charge in [0, 0.05) is 12.0 Å². The molecule has 1 amide bonds. The largest absolute Gasteiger partial charge is 0.530 e. The van der Waals surface area contributed by atoms with Gasteiger partial charge in [-0.3, -0.25) is 13.8 Å². The zero-order chi connectivity index (χ0) is 29.1. The maximum Gasteiger partial charge on any atom is 0.530 e. The molecule has 0 radical (unpaired) electrons. The summed E-state index contributed by atoms with van der Waals surface area (Å²) >= 11 is 0. The maximum atomic E-state index is 14.2. The molecule has 3 atom stereocenters. The van der Waals surface area contributed by atoms with Gasteiger partial charge in [0.25, 0.3) is 0 Å². The van der Waals surface area contributed by atoms with Crippen LogP contribution in [-0.2, 0) is 35.7 Å². The normalized spacial score (nSPS) is 27.4. The molecule has 2 saturated carbocycles. The van der Waals surface area contributed by atoms with E-state index in [4.69, 9.17) is 13.6 Å². The van der Waals surface area contributed by atoms with Crippen molar-refractivity contribution in [2.45, 2.75) is 103 Å². The van der Waals surface area contributed by atoms with E-state index >= 15 is 0 Å². The quantitative estimate of drug-likeness (QED) is 0.286. The topological polar surface area (TPSA) is 73.9 Å². The molecule has 0 bridgehead atoms. The van der Waals surface area contributed by atoms with Crippen molar-refractivity contribution < 1.29 is 22.9 Å². The lowest BCUT2D eigenvalue weighted by molar-refractivity contribution is -0.139. The highest BCUT2D eigenvalue weighted by Crippen LogP contribution is 2.58. The van der Waals surface area contributed by atoms with Crippen molar-refractivity contribution in [1.29, 1.82) is 0 Å².